The highest BCUT2D eigenvalue weighted by Gasteiger charge is 2.56. The Morgan fingerprint density at radius 3 is 2.60 bits per heavy atom. The Balaban J connectivity index is 1.31. The first-order valence-corrected chi connectivity index (χ1v) is 17.6. The Labute approximate surface area is 273 Å². The maximum Gasteiger partial charge on any atom is 0.435 e. The molecule has 5 N–H and O–H groups in total. The molecule has 0 radical (unpaired) electrons. The van der Waals surface area contributed by atoms with Crippen LogP contribution in [0.3, 0.4) is 0 Å². The topological polar surface area (TPSA) is 218 Å². The summed E-state index contributed by atoms with van der Waals surface area (Å²) in [5, 5.41) is 2.48. The Kier molecular flexibility index (Phi) is 10.8. The molecule has 262 valence electrons. The minimum atomic E-state index is -4.26. The summed E-state index contributed by atoms with van der Waals surface area (Å²) >= 11 is 0. The van der Waals surface area contributed by atoms with Crippen molar-refractivity contribution in [3.05, 3.63) is 12.7 Å². The second kappa shape index (κ2) is 14.3. The van der Waals surface area contributed by atoms with Crippen LogP contribution in [0, 0.1) is 0 Å². The monoisotopic (exact) mass is 682 g/mol. The number of hydrogen-bond acceptors (Lipinski definition) is 14. The minimum absolute atomic E-state index is 0.0670. The van der Waals surface area contributed by atoms with Gasteiger partial charge in [-0.3, -0.25) is 28.4 Å². The fourth-order valence-corrected chi connectivity index (χ4v) is 7.25. The molecule has 18 heteroatoms. The lowest BCUT2D eigenvalue weighted by atomic mass is 10.1. The number of imidazole rings is 1. The number of nitrogens with zero attached hydrogens (tertiary/aromatic N) is 5. The van der Waals surface area contributed by atoms with Crippen molar-refractivity contribution in [3.8, 4) is 0 Å². The van der Waals surface area contributed by atoms with E-state index in [1.807, 2.05) is 0 Å². The van der Waals surface area contributed by atoms with Gasteiger partial charge in [0, 0.05) is 6.54 Å². The molecule has 2 aromatic rings. The van der Waals surface area contributed by atoms with Crippen LogP contribution >= 0.6 is 7.75 Å². The molecule has 3 fully saturated rings. The van der Waals surface area contributed by atoms with Crippen LogP contribution < -0.4 is 16.6 Å². The number of ether oxygens (including phenoxy) is 4. The van der Waals surface area contributed by atoms with Crippen molar-refractivity contribution in [2.45, 2.75) is 115 Å². The minimum Gasteiger partial charge on any atom is -0.444 e. The van der Waals surface area contributed by atoms with Crippen LogP contribution in [0.4, 0.5) is 10.6 Å². The molecule has 17 nitrogen and oxygen atoms in total. The fourth-order valence-electron chi connectivity index (χ4n) is 5.92. The number of anilines is 1. The van der Waals surface area contributed by atoms with Crippen LogP contribution in [0.15, 0.2) is 12.7 Å². The number of carbonyl (C=O) groups excluding carboxylic acids is 2. The van der Waals surface area contributed by atoms with Gasteiger partial charge in [0.05, 0.1) is 19.5 Å². The number of rotatable bonds is 13. The number of amides is 2. The molecule has 0 aliphatic carbocycles. The fraction of sp³-hybridized carbons (Fsp3) is 0.759. The highest BCUT2D eigenvalue weighted by Crippen LogP contribution is 2.48. The molecular formula is C29H47N8O9P. The first-order chi connectivity index (χ1) is 22.2. The van der Waals surface area contributed by atoms with E-state index in [4.69, 9.17) is 39.5 Å². The van der Waals surface area contributed by atoms with Crippen LogP contribution in [0.5, 0.6) is 0 Å². The lowest BCUT2D eigenvalue weighted by Crippen LogP contribution is -2.47. The molecule has 3 aliphatic heterocycles. The van der Waals surface area contributed by atoms with Gasteiger partial charge in [-0.25, -0.2) is 24.3 Å². The van der Waals surface area contributed by atoms with E-state index < -0.39 is 61.7 Å². The van der Waals surface area contributed by atoms with Gasteiger partial charge < -0.3 is 30.4 Å². The molecule has 5 rings (SSSR count). The van der Waals surface area contributed by atoms with E-state index in [-0.39, 0.29) is 19.0 Å². The highest BCUT2D eigenvalue weighted by molar-refractivity contribution is 7.52. The molecule has 3 saturated heterocycles. The van der Waals surface area contributed by atoms with E-state index in [0.717, 1.165) is 19.3 Å². The van der Waals surface area contributed by atoms with E-state index in [1.165, 1.54) is 17.6 Å². The molecular weight excluding hydrogens is 635 g/mol. The largest absolute Gasteiger partial charge is 0.444 e. The number of nitrogens with two attached hydrogens (primary N) is 2. The Hall–Kier alpha value is -2.92. The van der Waals surface area contributed by atoms with Gasteiger partial charge >= 0.3 is 13.8 Å². The zero-order valence-electron chi connectivity index (χ0n) is 27.6. The van der Waals surface area contributed by atoms with Crippen LogP contribution in [0.2, 0.25) is 0 Å². The molecule has 47 heavy (non-hydrogen) atoms. The summed E-state index contributed by atoms with van der Waals surface area (Å²) in [6, 6.07) is -0.900. The smallest absolute Gasteiger partial charge is 0.435 e. The number of aromatic nitrogens is 4. The number of likely N-dealkylation sites (tertiary alicyclic amines) is 1. The lowest BCUT2D eigenvalue weighted by molar-refractivity contribution is -0.199. The van der Waals surface area contributed by atoms with Crippen molar-refractivity contribution in [1.82, 2.24) is 29.5 Å². The van der Waals surface area contributed by atoms with E-state index in [1.54, 1.807) is 39.2 Å². The molecule has 2 aromatic heterocycles. The van der Waals surface area contributed by atoms with Gasteiger partial charge in [-0.15, -0.1) is 0 Å². The van der Waals surface area contributed by atoms with E-state index in [2.05, 4.69) is 20.0 Å². The van der Waals surface area contributed by atoms with Gasteiger partial charge in [-0.1, -0.05) is 12.8 Å². The number of nitrogen functional groups attached to an aromatic ring is 1. The molecule has 1 unspecified atom stereocenters. The van der Waals surface area contributed by atoms with Crippen molar-refractivity contribution < 1.29 is 42.1 Å². The number of nitrogens with one attached hydrogen (secondary N) is 1. The standard InChI is InChI=1S/C29H47N8O9P/c1-28(2,3)46-27(39)36-13-10-11-18(36)25(38)35-47(40,41-14-9-7-6-8-12-30)42-15-19-21-22(45-29(4,5)44-21)26(43-19)37-17-34-20-23(31)32-16-33-24(20)37/h16-19,21-22,26H,6-15,30H2,1-5H3,(H2,31,32,33)(H,35,38,40)/t18-,19+,21+,22+,26+,47?/m0/s1. The number of carbonyl (C=O) groups is 2. The van der Waals surface area contributed by atoms with Crippen LogP contribution in [-0.4, -0.2) is 98.5 Å². The number of unbranched alkanes of at least 4 members (excludes halogenated alkanes) is 3. The third-order valence-corrected chi connectivity index (χ3v) is 9.49. The van der Waals surface area contributed by atoms with Crippen LogP contribution in [0.1, 0.15) is 79.4 Å². The molecule has 6 atom stereocenters. The number of hydrogen-bond donors (Lipinski definition) is 3. The average molecular weight is 683 g/mol. The predicted octanol–water partition coefficient (Wildman–Crippen LogP) is 3.00. The Morgan fingerprint density at radius 2 is 1.85 bits per heavy atom. The normalized spacial score (nSPS) is 26.8. The van der Waals surface area contributed by atoms with Gasteiger partial charge in [0.25, 0.3) is 5.91 Å². The Bertz CT molecular complexity index is 1470. The SMILES string of the molecule is CC(C)(C)OC(=O)N1CCC[C@H]1C(=O)NP(=O)(OCCCCCCN)OC[C@H]1O[C@@H](n2cnc3c(N)ncnc32)[C@@H]2OC(C)(C)O[C@@H]21. The maximum absolute atomic E-state index is 14.2. The predicted molar refractivity (Wildman–Crippen MR) is 169 cm³/mol. The lowest BCUT2D eigenvalue weighted by Gasteiger charge is -2.29. The molecule has 0 aromatic carbocycles. The van der Waals surface area contributed by atoms with Crippen molar-refractivity contribution in [2.75, 3.05) is 32.0 Å². The quantitative estimate of drug-likeness (QED) is 0.204. The summed E-state index contributed by atoms with van der Waals surface area (Å²) in [5.41, 5.74) is 11.7. The molecule has 3 aliphatic rings. The van der Waals surface area contributed by atoms with Crippen molar-refractivity contribution >= 4 is 36.7 Å². The molecule has 0 saturated carbocycles. The maximum atomic E-state index is 14.2. The van der Waals surface area contributed by atoms with Gasteiger partial charge in [-0.2, -0.15) is 0 Å². The summed E-state index contributed by atoms with van der Waals surface area (Å²) in [6.07, 6.45) is 3.55. The van der Waals surface area contributed by atoms with Gasteiger partial charge in [0.2, 0.25) is 0 Å². The van der Waals surface area contributed by atoms with Gasteiger partial charge in [0.1, 0.15) is 41.8 Å². The first-order valence-electron chi connectivity index (χ1n) is 16.1. The zero-order chi connectivity index (χ0) is 34.0. The summed E-state index contributed by atoms with van der Waals surface area (Å²) in [4.78, 5) is 40.4. The molecule has 0 bridgehead atoms. The van der Waals surface area contributed by atoms with E-state index in [0.29, 0.717) is 43.5 Å². The summed E-state index contributed by atoms with van der Waals surface area (Å²) < 4.78 is 51.8. The third-order valence-electron chi connectivity index (χ3n) is 7.99. The van der Waals surface area contributed by atoms with Gasteiger partial charge in [0.15, 0.2) is 23.5 Å². The van der Waals surface area contributed by atoms with Crippen molar-refractivity contribution in [1.29, 1.82) is 0 Å². The summed E-state index contributed by atoms with van der Waals surface area (Å²) in [6.45, 7) is 9.51. The summed E-state index contributed by atoms with van der Waals surface area (Å²) in [7, 11) is -4.26. The van der Waals surface area contributed by atoms with Crippen molar-refractivity contribution in [3.63, 3.8) is 0 Å². The second-order valence-electron chi connectivity index (χ2n) is 13.3. The molecule has 2 amide bonds. The van der Waals surface area contributed by atoms with Crippen LogP contribution in [0.25, 0.3) is 11.2 Å². The van der Waals surface area contributed by atoms with Gasteiger partial charge in [-0.05, 0) is 66.8 Å². The highest BCUT2D eigenvalue weighted by atomic mass is 31.2. The first kappa shape index (κ1) is 35.4. The van der Waals surface area contributed by atoms with Crippen LogP contribution in [-0.2, 0) is 37.4 Å². The third kappa shape index (κ3) is 8.39. The second-order valence-corrected chi connectivity index (χ2v) is 15.1. The number of fused-ring (bicyclic) bond motifs is 2. The van der Waals surface area contributed by atoms with Crippen molar-refractivity contribution in [2.24, 2.45) is 5.73 Å². The van der Waals surface area contributed by atoms with E-state index in [9.17, 15) is 14.2 Å². The average Bonchev–Trinajstić information content (AvgIpc) is 3.76. The molecule has 0 spiro atoms. The zero-order valence-corrected chi connectivity index (χ0v) is 28.5. The summed E-state index contributed by atoms with van der Waals surface area (Å²) in [5.74, 6) is -1.39. The Morgan fingerprint density at radius 1 is 1.11 bits per heavy atom. The van der Waals surface area contributed by atoms with E-state index >= 15 is 0 Å². The molecule has 5 heterocycles.